The molecule has 0 saturated heterocycles. The van der Waals surface area contributed by atoms with Gasteiger partial charge in [-0.15, -0.1) is 0 Å². The summed E-state index contributed by atoms with van der Waals surface area (Å²) in [5, 5.41) is 0.420. The summed E-state index contributed by atoms with van der Waals surface area (Å²) in [6.07, 6.45) is 0. The molecule has 1 aromatic rings. The Bertz CT molecular complexity index is 391. The van der Waals surface area contributed by atoms with Crippen LogP contribution in [0.2, 0.25) is 5.02 Å². The molecule has 0 radical (unpaired) electrons. The molecule has 86 valence electrons. The first kappa shape index (κ1) is 13.1. The first-order chi connectivity index (χ1) is 7.50. The van der Waals surface area contributed by atoms with Gasteiger partial charge in [-0.1, -0.05) is 35.5 Å². The Labute approximate surface area is 104 Å². The summed E-state index contributed by atoms with van der Waals surface area (Å²) < 4.78 is 0. The van der Waals surface area contributed by atoms with E-state index in [2.05, 4.69) is 0 Å². The lowest BCUT2D eigenvalue weighted by Crippen LogP contribution is -2.27. The van der Waals surface area contributed by atoms with E-state index in [-0.39, 0.29) is 11.1 Å². The molecule has 0 aliphatic heterocycles. The normalized spacial score (nSPS) is 9.94. The smallest absolute Gasteiger partial charge is 0.277 e. The van der Waals surface area contributed by atoms with Gasteiger partial charge in [0.05, 0.1) is 0 Å². The summed E-state index contributed by atoms with van der Waals surface area (Å²) in [6, 6.07) is 7.26. The fourth-order valence-electron chi connectivity index (χ4n) is 0.951. The monoisotopic (exact) mass is 257 g/mol. The fourth-order valence-corrected chi connectivity index (χ4v) is 1.88. The zero-order valence-corrected chi connectivity index (χ0v) is 10.6. The number of carbonyl (C=O) groups excluding carboxylic acids is 2. The minimum Gasteiger partial charge on any atom is -0.277 e. The molecule has 1 rings (SSSR count). The lowest BCUT2D eigenvalue weighted by Gasteiger charge is -2.11. The van der Waals surface area contributed by atoms with Crippen LogP contribution in [0.3, 0.4) is 0 Å². The highest BCUT2D eigenvalue weighted by molar-refractivity contribution is 8.12. The molecule has 1 aromatic carbocycles. The van der Waals surface area contributed by atoms with Crippen molar-refractivity contribution < 1.29 is 9.59 Å². The molecule has 0 N–H and O–H groups in total. The highest BCUT2D eigenvalue weighted by Crippen LogP contribution is 2.17. The molecule has 0 atom stereocenters. The predicted molar refractivity (Wildman–Crippen MR) is 66.6 cm³/mol. The average molecular weight is 258 g/mol. The summed E-state index contributed by atoms with van der Waals surface area (Å²) in [4.78, 5) is 23.5. The van der Waals surface area contributed by atoms with Crippen LogP contribution in [-0.4, -0.2) is 23.1 Å². The summed E-state index contributed by atoms with van der Waals surface area (Å²) >= 11 is 6.83. The molecule has 16 heavy (non-hydrogen) atoms. The quantitative estimate of drug-likeness (QED) is 0.817. The van der Waals surface area contributed by atoms with E-state index in [4.69, 9.17) is 11.6 Å². The number of benzene rings is 1. The summed E-state index contributed by atoms with van der Waals surface area (Å²) in [5.41, 5.74) is 1.000. The lowest BCUT2D eigenvalue weighted by molar-refractivity contribution is -0.124. The molecule has 2 amide bonds. The minimum absolute atomic E-state index is 0.248. The van der Waals surface area contributed by atoms with Gasteiger partial charge in [0.1, 0.15) is 0 Å². The maximum absolute atomic E-state index is 11.5. The molecule has 0 bridgehead atoms. The predicted octanol–water partition coefficient (Wildman–Crippen LogP) is 3.17. The molecular formula is C11H12ClNO2S. The molecule has 0 unspecified atom stereocenters. The third-order valence-electron chi connectivity index (χ3n) is 2.02. The summed E-state index contributed by atoms with van der Waals surface area (Å²) in [7, 11) is 1.47. The number of hydrogen-bond acceptors (Lipinski definition) is 3. The van der Waals surface area contributed by atoms with Crippen molar-refractivity contribution >= 4 is 34.5 Å². The van der Waals surface area contributed by atoms with Crippen molar-refractivity contribution in [2.75, 3.05) is 7.05 Å². The number of rotatable bonds is 2. The van der Waals surface area contributed by atoms with Gasteiger partial charge in [0, 0.05) is 24.7 Å². The summed E-state index contributed by atoms with van der Waals surface area (Å²) in [6.45, 7) is 1.36. The Morgan fingerprint density at radius 3 is 2.38 bits per heavy atom. The second-order valence-corrected chi connectivity index (χ2v) is 4.62. The maximum atomic E-state index is 11.5. The van der Waals surface area contributed by atoms with Crippen molar-refractivity contribution in [1.29, 1.82) is 0 Å². The van der Waals surface area contributed by atoms with Crippen LogP contribution in [0.5, 0.6) is 0 Å². The van der Waals surface area contributed by atoms with E-state index in [1.165, 1.54) is 14.0 Å². The number of nitrogens with zero attached hydrogens (tertiary/aromatic N) is 1. The molecular weight excluding hydrogens is 246 g/mol. The van der Waals surface area contributed by atoms with Gasteiger partial charge in [0.15, 0.2) is 0 Å². The Balaban J connectivity index is 2.49. The number of hydrogen-bond donors (Lipinski definition) is 0. The van der Waals surface area contributed by atoms with Crippen LogP contribution in [0.15, 0.2) is 24.3 Å². The first-order valence-corrected chi connectivity index (χ1v) is 6.02. The van der Waals surface area contributed by atoms with Gasteiger partial charge in [0.2, 0.25) is 5.91 Å². The zero-order valence-electron chi connectivity index (χ0n) is 9.07. The van der Waals surface area contributed by atoms with Crippen LogP contribution >= 0.6 is 23.4 Å². The number of carbonyl (C=O) groups is 2. The van der Waals surface area contributed by atoms with Gasteiger partial charge in [-0.05, 0) is 17.7 Å². The van der Waals surface area contributed by atoms with E-state index in [0.717, 1.165) is 22.2 Å². The van der Waals surface area contributed by atoms with Crippen molar-refractivity contribution in [1.82, 2.24) is 4.90 Å². The van der Waals surface area contributed by atoms with Crippen LogP contribution in [0.1, 0.15) is 12.5 Å². The standard InChI is InChI=1S/C11H12ClNO2S/c1-8(14)13(2)11(15)16-7-9-3-5-10(12)6-4-9/h3-6H,7H2,1-2H3. The van der Waals surface area contributed by atoms with E-state index in [9.17, 15) is 9.59 Å². The molecule has 3 nitrogen and oxygen atoms in total. The van der Waals surface area contributed by atoms with Crippen molar-refractivity contribution in [2.24, 2.45) is 0 Å². The van der Waals surface area contributed by atoms with Crippen LogP contribution in [-0.2, 0) is 10.5 Å². The highest BCUT2D eigenvalue weighted by Gasteiger charge is 2.12. The number of halogens is 1. The van der Waals surface area contributed by atoms with Gasteiger partial charge in [-0.3, -0.25) is 14.5 Å². The SMILES string of the molecule is CC(=O)N(C)C(=O)SCc1ccc(Cl)cc1. The zero-order chi connectivity index (χ0) is 12.1. The van der Waals surface area contributed by atoms with Crippen LogP contribution in [0.4, 0.5) is 4.79 Å². The molecule has 0 fully saturated rings. The Hall–Kier alpha value is -1.00. The average Bonchev–Trinajstić information content (AvgIpc) is 2.26. The molecule has 0 heterocycles. The Morgan fingerprint density at radius 2 is 1.88 bits per heavy atom. The van der Waals surface area contributed by atoms with Gasteiger partial charge in [-0.25, -0.2) is 0 Å². The number of imide groups is 1. The van der Waals surface area contributed by atoms with Crippen molar-refractivity contribution in [3.05, 3.63) is 34.9 Å². The van der Waals surface area contributed by atoms with Crippen molar-refractivity contribution in [2.45, 2.75) is 12.7 Å². The van der Waals surface area contributed by atoms with E-state index in [1.54, 1.807) is 12.1 Å². The third kappa shape index (κ3) is 3.87. The van der Waals surface area contributed by atoms with Crippen molar-refractivity contribution in [3.8, 4) is 0 Å². The van der Waals surface area contributed by atoms with Gasteiger partial charge in [0.25, 0.3) is 5.24 Å². The third-order valence-corrected chi connectivity index (χ3v) is 3.27. The second kappa shape index (κ2) is 5.92. The molecule has 5 heteroatoms. The van der Waals surface area contributed by atoms with Gasteiger partial charge < -0.3 is 0 Å². The van der Waals surface area contributed by atoms with Crippen molar-refractivity contribution in [3.63, 3.8) is 0 Å². The second-order valence-electron chi connectivity index (χ2n) is 3.26. The van der Waals surface area contributed by atoms with Crippen LogP contribution < -0.4 is 0 Å². The fraction of sp³-hybridized carbons (Fsp3) is 0.273. The Morgan fingerprint density at radius 1 is 1.31 bits per heavy atom. The van der Waals surface area contributed by atoms with Crippen LogP contribution in [0.25, 0.3) is 0 Å². The van der Waals surface area contributed by atoms with E-state index in [0.29, 0.717) is 10.8 Å². The van der Waals surface area contributed by atoms with E-state index >= 15 is 0 Å². The molecule has 0 saturated carbocycles. The first-order valence-electron chi connectivity index (χ1n) is 4.66. The largest absolute Gasteiger partial charge is 0.288 e. The topological polar surface area (TPSA) is 37.4 Å². The summed E-state index contributed by atoms with van der Waals surface area (Å²) in [5.74, 6) is 0.279. The van der Waals surface area contributed by atoms with E-state index in [1.807, 2.05) is 12.1 Å². The minimum atomic E-state index is -0.256. The number of thioether (sulfide) groups is 1. The lowest BCUT2D eigenvalue weighted by atomic mass is 10.2. The molecule has 0 aliphatic rings. The molecule has 0 aromatic heterocycles. The number of amides is 2. The maximum Gasteiger partial charge on any atom is 0.288 e. The van der Waals surface area contributed by atoms with Gasteiger partial charge in [-0.2, -0.15) is 0 Å². The molecule has 0 aliphatic carbocycles. The van der Waals surface area contributed by atoms with Gasteiger partial charge >= 0.3 is 0 Å². The Kier molecular flexibility index (Phi) is 4.83. The van der Waals surface area contributed by atoms with Crippen LogP contribution in [0, 0.1) is 0 Å². The highest BCUT2D eigenvalue weighted by atomic mass is 35.5. The van der Waals surface area contributed by atoms with E-state index < -0.39 is 0 Å². The molecule has 0 spiro atoms.